The number of aliphatic hydroxyl groups excluding tert-OH is 4. The topological polar surface area (TPSA) is 150 Å². The van der Waals surface area contributed by atoms with Gasteiger partial charge in [0.2, 0.25) is 6.29 Å². The van der Waals surface area contributed by atoms with E-state index in [-0.39, 0.29) is 5.75 Å². The summed E-state index contributed by atoms with van der Waals surface area (Å²) in [5.74, 6) is -1.02. The lowest BCUT2D eigenvalue weighted by Gasteiger charge is -2.39. The van der Waals surface area contributed by atoms with E-state index in [0.29, 0.717) is 16.5 Å². The van der Waals surface area contributed by atoms with E-state index < -0.39 is 43.3 Å². The first kappa shape index (κ1) is 18.4. The molecule has 1 aliphatic heterocycles. The lowest BCUT2D eigenvalue weighted by Crippen LogP contribution is -2.60. The Balaban J connectivity index is 1.93. The van der Waals surface area contributed by atoms with Gasteiger partial charge in [0.15, 0.2) is 0 Å². The van der Waals surface area contributed by atoms with Crippen molar-refractivity contribution in [3.05, 3.63) is 36.1 Å². The summed E-state index contributed by atoms with van der Waals surface area (Å²) >= 11 is 0. The zero-order valence-electron chi connectivity index (χ0n) is 13.4. The standard InChI is InChI=1S/C17H18O9/c18-7-12-14(21)15(22)16(23)17(26-12)25-11-6-10-9(3-4-24-10)5-8(11)1-2-13(19)20/h1-6,12,14-18,21-23H,7H2,(H,19,20)/t12-,14-,15+,16-,17-/m0/s1. The highest BCUT2D eigenvalue weighted by atomic mass is 16.7. The minimum absolute atomic E-state index is 0.134. The van der Waals surface area contributed by atoms with E-state index in [1.807, 2.05) is 0 Å². The zero-order valence-corrected chi connectivity index (χ0v) is 13.4. The van der Waals surface area contributed by atoms with Gasteiger partial charge in [0, 0.05) is 23.1 Å². The van der Waals surface area contributed by atoms with Gasteiger partial charge in [0.25, 0.3) is 0 Å². The maximum Gasteiger partial charge on any atom is 0.328 e. The quantitative estimate of drug-likeness (QED) is 0.450. The number of carboxylic acids is 1. The maximum atomic E-state index is 10.8. The summed E-state index contributed by atoms with van der Waals surface area (Å²) < 4.78 is 16.2. The van der Waals surface area contributed by atoms with Crippen molar-refractivity contribution in [2.75, 3.05) is 6.61 Å². The Morgan fingerprint density at radius 3 is 2.65 bits per heavy atom. The summed E-state index contributed by atoms with van der Waals surface area (Å²) in [7, 11) is 0. The van der Waals surface area contributed by atoms with Crippen molar-refractivity contribution in [3.8, 4) is 5.75 Å². The Morgan fingerprint density at radius 1 is 1.19 bits per heavy atom. The molecule has 5 N–H and O–H groups in total. The Bertz CT molecular complexity index is 810. The Hall–Kier alpha value is -2.43. The number of fused-ring (bicyclic) bond motifs is 1. The summed E-state index contributed by atoms with van der Waals surface area (Å²) in [5, 5.41) is 48.5. The molecule has 0 amide bonds. The molecule has 0 spiro atoms. The molecular formula is C17H18O9. The van der Waals surface area contributed by atoms with Crippen LogP contribution in [0.5, 0.6) is 5.75 Å². The third kappa shape index (κ3) is 3.57. The second-order valence-electron chi connectivity index (χ2n) is 5.84. The molecule has 1 aromatic carbocycles. The lowest BCUT2D eigenvalue weighted by molar-refractivity contribution is -0.277. The lowest BCUT2D eigenvalue weighted by atomic mass is 9.99. The largest absolute Gasteiger partial charge is 0.478 e. The van der Waals surface area contributed by atoms with Crippen LogP contribution in [0.15, 0.2) is 35.0 Å². The summed E-state index contributed by atoms with van der Waals surface area (Å²) in [6.45, 7) is -0.589. The molecule has 0 unspecified atom stereocenters. The van der Waals surface area contributed by atoms with Crippen LogP contribution in [0.1, 0.15) is 5.56 Å². The minimum Gasteiger partial charge on any atom is -0.478 e. The molecule has 2 aromatic rings. The molecule has 140 valence electrons. The number of hydrogen-bond acceptors (Lipinski definition) is 8. The van der Waals surface area contributed by atoms with Gasteiger partial charge in [-0.3, -0.25) is 0 Å². The van der Waals surface area contributed by atoms with Crippen molar-refractivity contribution in [2.24, 2.45) is 0 Å². The predicted octanol–water partition coefficient (Wildman–Crippen LogP) is -0.291. The van der Waals surface area contributed by atoms with E-state index in [1.54, 1.807) is 12.1 Å². The molecular weight excluding hydrogens is 348 g/mol. The first-order valence-electron chi connectivity index (χ1n) is 7.80. The van der Waals surface area contributed by atoms with Gasteiger partial charge >= 0.3 is 5.97 Å². The molecule has 1 saturated heterocycles. The molecule has 2 heterocycles. The monoisotopic (exact) mass is 366 g/mol. The number of carboxylic acid groups (broad SMARTS) is 1. The fraction of sp³-hybridized carbons (Fsp3) is 0.353. The Kier molecular flexibility index (Phi) is 5.25. The number of benzene rings is 1. The average Bonchev–Trinajstić information content (AvgIpc) is 3.07. The van der Waals surface area contributed by atoms with Gasteiger partial charge in [-0.1, -0.05) is 0 Å². The predicted molar refractivity (Wildman–Crippen MR) is 87.3 cm³/mol. The highest BCUT2D eigenvalue weighted by molar-refractivity contribution is 5.89. The second kappa shape index (κ2) is 7.44. The Labute approximate surface area is 147 Å². The minimum atomic E-state index is -1.59. The van der Waals surface area contributed by atoms with Gasteiger partial charge in [-0.2, -0.15) is 0 Å². The summed E-state index contributed by atoms with van der Waals surface area (Å²) in [5.41, 5.74) is 0.829. The third-order valence-electron chi connectivity index (χ3n) is 4.08. The van der Waals surface area contributed by atoms with E-state index >= 15 is 0 Å². The molecule has 0 aliphatic carbocycles. The van der Waals surface area contributed by atoms with Crippen molar-refractivity contribution in [1.82, 2.24) is 0 Å². The third-order valence-corrected chi connectivity index (χ3v) is 4.08. The second-order valence-corrected chi connectivity index (χ2v) is 5.84. The van der Waals surface area contributed by atoms with Crippen molar-refractivity contribution in [1.29, 1.82) is 0 Å². The molecule has 9 heteroatoms. The number of hydrogen-bond donors (Lipinski definition) is 5. The number of aliphatic carboxylic acids is 1. The van der Waals surface area contributed by atoms with Crippen molar-refractivity contribution >= 4 is 23.0 Å². The first-order valence-corrected chi connectivity index (χ1v) is 7.80. The van der Waals surface area contributed by atoms with Crippen LogP contribution >= 0.6 is 0 Å². The van der Waals surface area contributed by atoms with Gasteiger partial charge in [-0.05, 0) is 18.2 Å². The summed E-state index contributed by atoms with van der Waals surface area (Å²) in [6, 6.07) is 4.79. The molecule has 9 nitrogen and oxygen atoms in total. The highest BCUT2D eigenvalue weighted by Gasteiger charge is 2.44. The van der Waals surface area contributed by atoms with Crippen molar-refractivity contribution in [2.45, 2.75) is 30.7 Å². The summed E-state index contributed by atoms with van der Waals surface area (Å²) in [6.07, 6.45) is -3.53. The van der Waals surface area contributed by atoms with E-state index in [2.05, 4.69) is 0 Å². The fourth-order valence-corrected chi connectivity index (χ4v) is 2.69. The Morgan fingerprint density at radius 2 is 1.96 bits per heavy atom. The molecule has 3 rings (SSSR count). The SMILES string of the molecule is O=C(O)C=Cc1cc2ccoc2cc1O[C@H]1O[C@@H](CO)[C@H](O)[C@@H](O)[C@@H]1O. The van der Waals surface area contributed by atoms with Gasteiger partial charge in [0.05, 0.1) is 12.9 Å². The van der Waals surface area contributed by atoms with E-state index in [4.69, 9.17) is 19.0 Å². The van der Waals surface area contributed by atoms with E-state index in [0.717, 1.165) is 6.08 Å². The van der Waals surface area contributed by atoms with Crippen LogP contribution in [0.3, 0.4) is 0 Å². The fourth-order valence-electron chi connectivity index (χ4n) is 2.69. The van der Waals surface area contributed by atoms with Gasteiger partial charge in [0.1, 0.15) is 35.7 Å². The number of furan rings is 1. The molecule has 0 bridgehead atoms. The van der Waals surface area contributed by atoms with Crippen LogP contribution in [0.4, 0.5) is 0 Å². The van der Waals surface area contributed by atoms with Crippen LogP contribution in [0, 0.1) is 0 Å². The van der Waals surface area contributed by atoms with Crippen LogP contribution in [0.25, 0.3) is 17.0 Å². The number of carbonyl (C=O) groups is 1. The average molecular weight is 366 g/mol. The molecule has 5 atom stereocenters. The molecule has 1 fully saturated rings. The van der Waals surface area contributed by atoms with Gasteiger partial charge in [-0.25, -0.2) is 4.79 Å². The molecule has 26 heavy (non-hydrogen) atoms. The van der Waals surface area contributed by atoms with Crippen molar-refractivity contribution in [3.63, 3.8) is 0 Å². The number of ether oxygens (including phenoxy) is 2. The summed E-state index contributed by atoms with van der Waals surface area (Å²) in [4.78, 5) is 10.8. The van der Waals surface area contributed by atoms with Crippen LogP contribution in [-0.2, 0) is 9.53 Å². The van der Waals surface area contributed by atoms with Crippen molar-refractivity contribution < 1.29 is 44.2 Å². The zero-order chi connectivity index (χ0) is 18.8. The molecule has 1 aromatic heterocycles. The molecule has 0 radical (unpaired) electrons. The van der Waals surface area contributed by atoms with Crippen LogP contribution in [-0.4, -0.2) is 68.8 Å². The van der Waals surface area contributed by atoms with Gasteiger partial charge in [-0.15, -0.1) is 0 Å². The normalized spacial score (nSPS) is 29.3. The van der Waals surface area contributed by atoms with E-state index in [9.17, 15) is 25.2 Å². The number of rotatable bonds is 5. The highest BCUT2D eigenvalue weighted by Crippen LogP contribution is 2.31. The van der Waals surface area contributed by atoms with E-state index in [1.165, 1.54) is 18.4 Å². The van der Waals surface area contributed by atoms with Crippen LogP contribution in [0.2, 0.25) is 0 Å². The maximum absolute atomic E-state index is 10.8. The first-order chi connectivity index (χ1) is 12.4. The smallest absolute Gasteiger partial charge is 0.328 e. The van der Waals surface area contributed by atoms with Crippen LogP contribution < -0.4 is 4.74 Å². The molecule has 0 saturated carbocycles. The molecule has 1 aliphatic rings. The number of aliphatic hydroxyl groups is 4. The van der Waals surface area contributed by atoms with Gasteiger partial charge < -0.3 is 39.4 Å².